The molecule has 2 aliphatic carbocycles. The van der Waals surface area contributed by atoms with Crippen LogP contribution in [0, 0.1) is 5.92 Å². The smallest absolute Gasteiger partial charge is 0.165 e. The first-order valence-corrected chi connectivity index (χ1v) is 8.69. The predicted molar refractivity (Wildman–Crippen MR) is 87.1 cm³/mol. The van der Waals surface area contributed by atoms with E-state index in [4.69, 9.17) is 9.47 Å². The molecule has 2 aliphatic heterocycles. The summed E-state index contributed by atoms with van der Waals surface area (Å²) in [6.07, 6.45) is 5.56. The summed E-state index contributed by atoms with van der Waals surface area (Å²) in [7, 11) is 2.22. The Morgan fingerprint density at radius 1 is 1.39 bits per heavy atom. The number of rotatable bonds is 2. The number of nitrogens with zero attached hydrogens (tertiary/aromatic N) is 1. The minimum absolute atomic E-state index is 0.0820. The lowest BCUT2D eigenvalue weighted by atomic mass is 9.53. The summed E-state index contributed by atoms with van der Waals surface area (Å²) < 4.78 is 12.2. The summed E-state index contributed by atoms with van der Waals surface area (Å²) in [4.78, 5) is 2.48. The molecule has 0 saturated carbocycles. The molecule has 0 aromatic heterocycles. The number of ether oxygens (including phenoxy) is 2. The van der Waals surface area contributed by atoms with Crippen LogP contribution in [0.4, 0.5) is 0 Å². The van der Waals surface area contributed by atoms with Crippen molar-refractivity contribution in [2.24, 2.45) is 5.92 Å². The Bertz CT molecular complexity index is 700. The van der Waals surface area contributed by atoms with Crippen LogP contribution in [0.25, 0.3) is 0 Å². The van der Waals surface area contributed by atoms with Crippen molar-refractivity contribution in [3.05, 3.63) is 35.4 Å². The molecule has 0 amide bonds. The van der Waals surface area contributed by atoms with Gasteiger partial charge in [0.05, 0.1) is 6.61 Å². The highest BCUT2D eigenvalue weighted by atomic mass is 16.5. The van der Waals surface area contributed by atoms with Crippen LogP contribution in [-0.2, 0) is 11.8 Å². The molecule has 2 heterocycles. The summed E-state index contributed by atoms with van der Waals surface area (Å²) in [5.74, 6) is 2.14. The fourth-order valence-electron chi connectivity index (χ4n) is 5.50. The molecule has 5 rings (SSSR count). The molecule has 0 unspecified atom stereocenters. The minimum atomic E-state index is -0.539. The van der Waals surface area contributed by atoms with Crippen LogP contribution in [0.15, 0.2) is 24.3 Å². The largest absolute Gasteiger partial charge is 0.490 e. The molecule has 0 radical (unpaired) electrons. The van der Waals surface area contributed by atoms with Gasteiger partial charge in [-0.25, -0.2) is 0 Å². The Labute approximate surface area is 136 Å². The van der Waals surface area contributed by atoms with Gasteiger partial charge in [-0.2, -0.15) is 0 Å². The molecule has 1 N–H and O–H groups in total. The van der Waals surface area contributed by atoms with E-state index in [-0.39, 0.29) is 11.5 Å². The number of likely N-dealkylation sites (tertiary alicyclic amines) is 1. The number of benzene rings is 1. The van der Waals surface area contributed by atoms with Crippen molar-refractivity contribution in [2.45, 2.75) is 43.4 Å². The zero-order valence-electron chi connectivity index (χ0n) is 13.7. The van der Waals surface area contributed by atoms with E-state index < -0.39 is 6.10 Å². The maximum Gasteiger partial charge on any atom is 0.165 e. The average molecular weight is 313 g/mol. The lowest BCUT2D eigenvalue weighted by Gasteiger charge is -2.56. The zero-order chi connectivity index (χ0) is 15.8. The average Bonchev–Trinajstić information content (AvgIpc) is 2.90. The van der Waals surface area contributed by atoms with E-state index in [0.717, 1.165) is 30.9 Å². The quantitative estimate of drug-likeness (QED) is 0.847. The molecule has 1 spiro atoms. The van der Waals surface area contributed by atoms with Crippen molar-refractivity contribution < 1.29 is 14.6 Å². The van der Waals surface area contributed by atoms with Gasteiger partial charge in [-0.05, 0) is 45.0 Å². The van der Waals surface area contributed by atoms with E-state index in [1.165, 1.54) is 11.1 Å². The molecule has 4 nitrogen and oxygen atoms in total. The molecular weight excluding hydrogens is 290 g/mol. The lowest BCUT2D eigenvalue weighted by Crippen LogP contribution is -2.64. The van der Waals surface area contributed by atoms with Gasteiger partial charge in [0.15, 0.2) is 11.5 Å². The molecular formula is C19H23NO3. The van der Waals surface area contributed by atoms with Crippen molar-refractivity contribution in [3.8, 4) is 11.5 Å². The Morgan fingerprint density at radius 2 is 2.26 bits per heavy atom. The van der Waals surface area contributed by atoms with Crippen molar-refractivity contribution in [3.63, 3.8) is 0 Å². The van der Waals surface area contributed by atoms with Gasteiger partial charge in [-0.1, -0.05) is 18.2 Å². The van der Waals surface area contributed by atoms with Gasteiger partial charge in [-0.3, -0.25) is 0 Å². The third kappa shape index (κ3) is 1.54. The Hall–Kier alpha value is -1.52. The first-order chi connectivity index (χ1) is 11.2. The topological polar surface area (TPSA) is 41.9 Å². The summed E-state index contributed by atoms with van der Waals surface area (Å²) in [6.45, 7) is 3.68. The Balaban J connectivity index is 1.78. The summed E-state index contributed by atoms with van der Waals surface area (Å²) in [6, 6.07) is 4.75. The molecule has 4 heteroatoms. The van der Waals surface area contributed by atoms with Crippen LogP contribution < -0.4 is 9.47 Å². The number of aliphatic hydroxyl groups excluding tert-OH is 1. The zero-order valence-corrected chi connectivity index (χ0v) is 13.7. The molecule has 23 heavy (non-hydrogen) atoms. The van der Waals surface area contributed by atoms with E-state index in [9.17, 15) is 5.11 Å². The Kier molecular flexibility index (Phi) is 2.73. The molecule has 1 fully saturated rings. The highest BCUT2D eigenvalue weighted by molar-refractivity contribution is 5.62. The second-order valence-electron chi connectivity index (χ2n) is 7.34. The second kappa shape index (κ2) is 4.52. The normalized spacial score (nSPS) is 39.8. The van der Waals surface area contributed by atoms with Gasteiger partial charge in [-0.15, -0.1) is 0 Å². The van der Waals surface area contributed by atoms with Crippen molar-refractivity contribution in [1.29, 1.82) is 0 Å². The molecule has 5 atom stereocenters. The maximum atomic E-state index is 10.6. The number of likely N-dealkylation sites (N-methyl/N-ethyl adjacent to an activating group) is 1. The highest BCUT2D eigenvalue weighted by Gasteiger charge is 2.64. The summed E-state index contributed by atoms with van der Waals surface area (Å²) in [5, 5.41) is 10.6. The van der Waals surface area contributed by atoms with E-state index in [1.807, 2.05) is 19.1 Å². The van der Waals surface area contributed by atoms with E-state index in [0.29, 0.717) is 18.6 Å². The number of hydrogen-bond donors (Lipinski definition) is 1. The Morgan fingerprint density at radius 3 is 3.09 bits per heavy atom. The molecule has 4 aliphatic rings. The van der Waals surface area contributed by atoms with Gasteiger partial charge < -0.3 is 19.5 Å². The monoisotopic (exact) mass is 313 g/mol. The van der Waals surface area contributed by atoms with Gasteiger partial charge in [0, 0.05) is 22.9 Å². The standard InChI is InChI=1S/C19H23NO3/c1-3-22-15-7-4-11-10-13-12-5-6-14(21)18-19(12,8-9-20(13)2)16(11)17(15)23-18/h4-7,12-14,18,21H,3,8-10H2,1-2H3/t12-,13+,14+,18+,19+/m0/s1. The van der Waals surface area contributed by atoms with E-state index in [1.54, 1.807) is 0 Å². The first-order valence-electron chi connectivity index (χ1n) is 8.69. The van der Waals surface area contributed by atoms with Crippen LogP contribution in [0.5, 0.6) is 11.5 Å². The fraction of sp³-hybridized carbons (Fsp3) is 0.579. The van der Waals surface area contributed by atoms with Crippen molar-refractivity contribution in [1.82, 2.24) is 4.90 Å². The van der Waals surface area contributed by atoms with Gasteiger partial charge in [0.25, 0.3) is 0 Å². The van der Waals surface area contributed by atoms with Crippen LogP contribution in [0.2, 0.25) is 0 Å². The molecule has 122 valence electrons. The summed E-state index contributed by atoms with van der Waals surface area (Å²) >= 11 is 0. The van der Waals surface area contributed by atoms with Crippen molar-refractivity contribution >= 4 is 0 Å². The number of piperidine rings is 1. The minimum Gasteiger partial charge on any atom is -0.490 e. The van der Waals surface area contributed by atoms with E-state index >= 15 is 0 Å². The molecule has 1 aromatic rings. The SMILES string of the molecule is CCOc1ccc2c3c1O[C@@H]1[C@H](O)C=C[C@H]4[C@@H](C2)N(C)CC[C@@]314. The molecule has 1 aromatic carbocycles. The first kappa shape index (κ1) is 13.9. The van der Waals surface area contributed by atoms with Gasteiger partial charge in [0.2, 0.25) is 0 Å². The van der Waals surface area contributed by atoms with Gasteiger partial charge in [0.1, 0.15) is 12.2 Å². The lowest BCUT2D eigenvalue weighted by molar-refractivity contribution is -0.0453. The van der Waals surface area contributed by atoms with Gasteiger partial charge >= 0.3 is 0 Å². The fourth-order valence-corrected chi connectivity index (χ4v) is 5.50. The van der Waals surface area contributed by atoms with Crippen LogP contribution in [0.1, 0.15) is 24.5 Å². The second-order valence-corrected chi connectivity index (χ2v) is 7.34. The van der Waals surface area contributed by atoms with Crippen LogP contribution in [-0.4, -0.2) is 48.5 Å². The third-order valence-electron chi connectivity index (χ3n) is 6.43. The van der Waals surface area contributed by atoms with Crippen molar-refractivity contribution in [2.75, 3.05) is 20.2 Å². The number of hydrogen-bond acceptors (Lipinski definition) is 4. The number of aliphatic hydroxyl groups is 1. The predicted octanol–water partition coefficient (Wildman–Crippen LogP) is 1.89. The molecule has 1 saturated heterocycles. The summed E-state index contributed by atoms with van der Waals surface area (Å²) in [5.41, 5.74) is 2.62. The third-order valence-corrected chi connectivity index (χ3v) is 6.43. The van der Waals surface area contributed by atoms with Crippen LogP contribution in [0.3, 0.4) is 0 Å². The highest BCUT2D eigenvalue weighted by Crippen LogP contribution is 2.62. The van der Waals surface area contributed by atoms with Crippen LogP contribution >= 0.6 is 0 Å². The maximum absolute atomic E-state index is 10.6. The molecule has 2 bridgehead atoms. The van der Waals surface area contributed by atoms with E-state index in [2.05, 4.69) is 24.1 Å².